The van der Waals surface area contributed by atoms with Crippen LogP contribution in [-0.2, 0) is 11.2 Å². The molecule has 0 aliphatic carbocycles. The van der Waals surface area contributed by atoms with E-state index in [0.717, 1.165) is 6.07 Å². The van der Waals surface area contributed by atoms with Gasteiger partial charge in [-0.25, -0.2) is 0 Å². The second-order valence-corrected chi connectivity index (χ2v) is 3.01. The van der Waals surface area contributed by atoms with Gasteiger partial charge in [0.15, 0.2) is 0 Å². The molecule has 3 N–H and O–H groups in total. The number of hydrogen-bond acceptors (Lipinski definition) is 3. The van der Waals surface area contributed by atoms with Crippen molar-refractivity contribution in [2.45, 2.75) is 6.42 Å². The van der Waals surface area contributed by atoms with Gasteiger partial charge in [-0.05, 0) is 11.6 Å². The zero-order valence-corrected chi connectivity index (χ0v) is 8.19. The van der Waals surface area contributed by atoms with Crippen LogP contribution >= 0.6 is 11.6 Å². The van der Waals surface area contributed by atoms with Gasteiger partial charge in [0.2, 0.25) is 0 Å². The van der Waals surface area contributed by atoms with Crippen molar-refractivity contribution in [2.75, 3.05) is 0 Å². The van der Waals surface area contributed by atoms with E-state index in [4.69, 9.17) is 16.7 Å². The van der Waals surface area contributed by atoms with Gasteiger partial charge in [-0.1, -0.05) is 11.6 Å². The third kappa shape index (κ3) is 3.53. The molecule has 0 spiro atoms. The summed E-state index contributed by atoms with van der Waals surface area (Å²) in [5.41, 5.74) is 0.0824. The summed E-state index contributed by atoms with van der Waals surface area (Å²) in [5, 5.41) is 19.1. The first kappa shape index (κ1) is 13.3. The molecule has 0 heterocycles. The van der Waals surface area contributed by atoms with Gasteiger partial charge in [-0.2, -0.15) is 0 Å². The SMILES string of the molecule is O.O=C(O)Cc1cc([N+](=O)[O-])ccc1Cl. The zero-order chi connectivity index (χ0) is 10.7. The van der Waals surface area contributed by atoms with Crippen molar-refractivity contribution in [1.82, 2.24) is 0 Å². The van der Waals surface area contributed by atoms with Gasteiger partial charge in [0.05, 0.1) is 11.3 Å². The van der Waals surface area contributed by atoms with Crippen LogP contribution in [0.5, 0.6) is 0 Å². The number of benzene rings is 1. The number of carboxylic acid groups (broad SMARTS) is 1. The van der Waals surface area contributed by atoms with Crippen LogP contribution in [0.1, 0.15) is 5.56 Å². The van der Waals surface area contributed by atoms with Gasteiger partial charge in [0.1, 0.15) is 0 Å². The van der Waals surface area contributed by atoms with Crippen LogP contribution in [0, 0.1) is 10.1 Å². The number of halogens is 1. The Balaban J connectivity index is 0.00000196. The summed E-state index contributed by atoms with van der Waals surface area (Å²) in [6.45, 7) is 0. The highest BCUT2D eigenvalue weighted by Gasteiger charge is 2.11. The molecule has 0 saturated heterocycles. The van der Waals surface area contributed by atoms with Crippen LogP contribution in [0.25, 0.3) is 0 Å². The van der Waals surface area contributed by atoms with E-state index < -0.39 is 10.9 Å². The van der Waals surface area contributed by atoms with Crippen LogP contribution in [0.15, 0.2) is 18.2 Å². The summed E-state index contributed by atoms with van der Waals surface area (Å²) in [6, 6.07) is 3.71. The fourth-order valence-electron chi connectivity index (χ4n) is 0.973. The van der Waals surface area contributed by atoms with E-state index in [1.807, 2.05) is 0 Å². The predicted octanol–water partition coefficient (Wildman–Crippen LogP) is 1.05. The lowest BCUT2D eigenvalue weighted by Crippen LogP contribution is -2.01. The third-order valence-corrected chi connectivity index (χ3v) is 1.95. The van der Waals surface area contributed by atoms with E-state index in [1.54, 1.807) is 0 Å². The maximum absolute atomic E-state index is 10.4. The molecule has 0 aromatic heterocycles. The van der Waals surface area contributed by atoms with Crippen LogP contribution in [0.4, 0.5) is 5.69 Å². The first-order chi connectivity index (χ1) is 6.50. The zero-order valence-electron chi connectivity index (χ0n) is 7.44. The quantitative estimate of drug-likeness (QED) is 0.621. The molecule has 1 aromatic carbocycles. The molecule has 0 aliphatic heterocycles. The number of hydrogen-bond donors (Lipinski definition) is 1. The molecule has 6 nitrogen and oxygen atoms in total. The summed E-state index contributed by atoms with van der Waals surface area (Å²) >= 11 is 5.66. The van der Waals surface area contributed by atoms with Crippen LogP contribution in [0.2, 0.25) is 5.02 Å². The van der Waals surface area contributed by atoms with Crippen molar-refractivity contribution < 1.29 is 20.3 Å². The standard InChI is InChI=1S/C8H6ClNO4.H2O/c9-7-2-1-6(10(13)14)3-5(7)4-8(11)12;/h1-3H,4H2,(H,11,12);1H2. The van der Waals surface area contributed by atoms with Crippen molar-refractivity contribution in [3.05, 3.63) is 38.9 Å². The Kier molecular flexibility index (Phi) is 4.69. The number of aliphatic carboxylic acids is 1. The van der Waals surface area contributed by atoms with Crippen molar-refractivity contribution in [3.63, 3.8) is 0 Å². The van der Waals surface area contributed by atoms with E-state index in [-0.39, 0.29) is 28.2 Å². The van der Waals surface area contributed by atoms with Crippen LogP contribution in [-0.4, -0.2) is 21.5 Å². The molecule has 1 aromatic rings. The normalized spacial score (nSPS) is 9.13. The van der Waals surface area contributed by atoms with Crippen molar-refractivity contribution in [1.29, 1.82) is 0 Å². The maximum Gasteiger partial charge on any atom is 0.307 e. The number of carbonyl (C=O) groups is 1. The Hall–Kier alpha value is -1.66. The number of carboxylic acids is 1. The first-order valence-corrected chi connectivity index (χ1v) is 4.03. The summed E-state index contributed by atoms with van der Waals surface area (Å²) < 4.78 is 0. The molecule has 0 saturated carbocycles. The van der Waals surface area contributed by atoms with Gasteiger partial charge in [0.25, 0.3) is 5.69 Å². The highest BCUT2D eigenvalue weighted by Crippen LogP contribution is 2.22. The number of rotatable bonds is 3. The monoisotopic (exact) mass is 233 g/mol. The van der Waals surface area contributed by atoms with Crippen molar-refractivity contribution >= 4 is 23.3 Å². The second-order valence-electron chi connectivity index (χ2n) is 2.60. The van der Waals surface area contributed by atoms with Gasteiger partial charge in [-0.15, -0.1) is 0 Å². The Morgan fingerprint density at radius 3 is 2.60 bits per heavy atom. The smallest absolute Gasteiger partial charge is 0.307 e. The average molecular weight is 234 g/mol. The van der Waals surface area contributed by atoms with Gasteiger partial charge >= 0.3 is 5.97 Å². The summed E-state index contributed by atoms with van der Waals surface area (Å²) in [4.78, 5) is 20.1. The molecule has 0 unspecified atom stereocenters. The van der Waals surface area contributed by atoms with E-state index in [2.05, 4.69) is 0 Å². The van der Waals surface area contributed by atoms with Gasteiger partial charge in [-0.3, -0.25) is 14.9 Å². The summed E-state index contributed by atoms with van der Waals surface area (Å²) in [5.74, 6) is -1.08. The van der Waals surface area contributed by atoms with E-state index in [0.29, 0.717) is 0 Å². The molecular formula is C8H8ClNO5. The number of nitro groups is 1. The molecule has 0 amide bonds. The fraction of sp³-hybridized carbons (Fsp3) is 0.125. The highest BCUT2D eigenvalue weighted by molar-refractivity contribution is 6.31. The Labute approximate surface area is 89.6 Å². The van der Waals surface area contributed by atoms with Gasteiger partial charge < -0.3 is 10.6 Å². The minimum atomic E-state index is -1.08. The molecule has 7 heteroatoms. The molecule has 0 atom stereocenters. The van der Waals surface area contributed by atoms with E-state index in [1.165, 1.54) is 12.1 Å². The predicted molar refractivity (Wildman–Crippen MR) is 53.1 cm³/mol. The Morgan fingerprint density at radius 2 is 2.13 bits per heavy atom. The van der Waals surface area contributed by atoms with E-state index >= 15 is 0 Å². The van der Waals surface area contributed by atoms with Crippen molar-refractivity contribution in [2.24, 2.45) is 0 Å². The molecule has 1 rings (SSSR count). The van der Waals surface area contributed by atoms with Crippen molar-refractivity contribution in [3.8, 4) is 0 Å². The molecule has 0 fully saturated rings. The maximum atomic E-state index is 10.4. The van der Waals surface area contributed by atoms with Crippen LogP contribution < -0.4 is 0 Å². The number of nitro benzene ring substituents is 1. The highest BCUT2D eigenvalue weighted by atomic mass is 35.5. The summed E-state index contributed by atoms with van der Waals surface area (Å²) in [6.07, 6.45) is -0.319. The van der Waals surface area contributed by atoms with E-state index in [9.17, 15) is 14.9 Å². The molecule has 82 valence electrons. The molecule has 0 radical (unpaired) electrons. The Morgan fingerprint density at radius 1 is 1.53 bits per heavy atom. The largest absolute Gasteiger partial charge is 0.481 e. The lowest BCUT2D eigenvalue weighted by Gasteiger charge is -2.00. The minimum Gasteiger partial charge on any atom is -0.481 e. The first-order valence-electron chi connectivity index (χ1n) is 3.65. The Bertz CT molecular complexity index is 393. The minimum absolute atomic E-state index is 0. The molecule has 15 heavy (non-hydrogen) atoms. The molecule has 0 aliphatic rings. The second kappa shape index (κ2) is 5.28. The summed E-state index contributed by atoms with van der Waals surface area (Å²) in [7, 11) is 0. The third-order valence-electron chi connectivity index (χ3n) is 1.58. The lowest BCUT2D eigenvalue weighted by molar-refractivity contribution is -0.384. The molecular weight excluding hydrogens is 226 g/mol. The van der Waals surface area contributed by atoms with Gasteiger partial charge in [0, 0.05) is 17.2 Å². The number of non-ortho nitro benzene ring substituents is 1. The molecule has 0 bridgehead atoms. The fourth-order valence-corrected chi connectivity index (χ4v) is 1.16. The topological polar surface area (TPSA) is 112 Å². The number of nitrogens with zero attached hydrogens (tertiary/aromatic N) is 1. The average Bonchev–Trinajstić information content (AvgIpc) is 2.07. The lowest BCUT2D eigenvalue weighted by atomic mass is 10.1. The van der Waals surface area contributed by atoms with Crippen LogP contribution in [0.3, 0.4) is 0 Å².